The Kier molecular flexibility index (Phi) is 3.74. The molecule has 0 aromatic heterocycles. The van der Waals surface area contributed by atoms with E-state index in [0.717, 1.165) is 36.8 Å². The van der Waals surface area contributed by atoms with Gasteiger partial charge in [0.15, 0.2) is 11.5 Å². The first-order valence-electron chi connectivity index (χ1n) is 6.35. The first-order chi connectivity index (χ1) is 8.49. The van der Waals surface area contributed by atoms with Gasteiger partial charge in [0.25, 0.3) is 0 Å². The van der Waals surface area contributed by atoms with E-state index in [2.05, 4.69) is 0 Å². The van der Waals surface area contributed by atoms with E-state index in [9.17, 15) is 5.11 Å². The predicted molar refractivity (Wildman–Crippen MR) is 73.4 cm³/mol. The third-order valence-electron chi connectivity index (χ3n) is 3.90. The Bertz CT molecular complexity index is 454. The SMILES string of the molecule is COc1c(O)cc(Cl)c(C)c1C1(N)CCCCC1. The van der Waals surface area contributed by atoms with Crippen molar-refractivity contribution in [2.75, 3.05) is 7.11 Å². The van der Waals surface area contributed by atoms with Crippen LogP contribution in [0, 0.1) is 6.92 Å². The van der Waals surface area contributed by atoms with Gasteiger partial charge in [-0.3, -0.25) is 0 Å². The minimum absolute atomic E-state index is 0.0681. The Balaban J connectivity index is 2.60. The summed E-state index contributed by atoms with van der Waals surface area (Å²) in [5.41, 5.74) is 7.89. The molecule has 4 heteroatoms. The number of rotatable bonds is 2. The van der Waals surface area contributed by atoms with E-state index < -0.39 is 5.54 Å². The minimum Gasteiger partial charge on any atom is -0.504 e. The van der Waals surface area contributed by atoms with Crippen molar-refractivity contribution in [2.24, 2.45) is 5.73 Å². The molecular formula is C14H20ClNO2. The lowest BCUT2D eigenvalue weighted by atomic mass is 9.75. The third kappa shape index (κ3) is 2.17. The van der Waals surface area contributed by atoms with Crippen LogP contribution in [-0.4, -0.2) is 12.2 Å². The highest BCUT2D eigenvalue weighted by Crippen LogP contribution is 2.46. The summed E-state index contributed by atoms with van der Waals surface area (Å²) >= 11 is 6.16. The number of aromatic hydroxyl groups is 1. The van der Waals surface area contributed by atoms with Crippen LogP contribution in [0.25, 0.3) is 0 Å². The second kappa shape index (κ2) is 4.98. The largest absolute Gasteiger partial charge is 0.504 e. The van der Waals surface area contributed by atoms with Gasteiger partial charge in [0.2, 0.25) is 0 Å². The summed E-state index contributed by atoms with van der Waals surface area (Å²) in [6.07, 6.45) is 5.24. The molecule has 3 N–H and O–H groups in total. The number of methoxy groups -OCH3 is 1. The average Bonchev–Trinajstić information content (AvgIpc) is 2.34. The molecule has 1 fully saturated rings. The van der Waals surface area contributed by atoms with Gasteiger partial charge in [-0.05, 0) is 25.3 Å². The number of ether oxygens (including phenoxy) is 1. The van der Waals surface area contributed by atoms with E-state index in [1.165, 1.54) is 12.5 Å². The highest BCUT2D eigenvalue weighted by molar-refractivity contribution is 6.31. The number of phenols is 1. The third-order valence-corrected chi connectivity index (χ3v) is 4.30. The van der Waals surface area contributed by atoms with Gasteiger partial charge in [0, 0.05) is 22.2 Å². The Hall–Kier alpha value is -0.930. The fourth-order valence-electron chi connectivity index (χ4n) is 2.95. The summed E-state index contributed by atoms with van der Waals surface area (Å²) in [7, 11) is 1.55. The molecule has 0 spiro atoms. The van der Waals surface area contributed by atoms with Gasteiger partial charge in [0.05, 0.1) is 7.11 Å². The molecule has 1 aliphatic carbocycles. The zero-order valence-corrected chi connectivity index (χ0v) is 11.7. The van der Waals surface area contributed by atoms with E-state index >= 15 is 0 Å². The normalized spacial score (nSPS) is 18.7. The summed E-state index contributed by atoms with van der Waals surface area (Å²) in [5, 5.41) is 10.5. The van der Waals surface area contributed by atoms with Gasteiger partial charge in [-0.15, -0.1) is 0 Å². The fourth-order valence-corrected chi connectivity index (χ4v) is 3.15. The molecule has 0 aliphatic heterocycles. The van der Waals surface area contributed by atoms with Crippen molar-refractivity contribution < 1.29 is 9.84 Å². The topological polar surface area (TPSA) is 55.5 Å². The monoisotopic (exact) mass is 269 g/mol. The van der Waals surface area contributed by atoms with E-state index in [1.54, 1.807) is 7.11 Å². The van der Waals surface area contributed by atoms with Crippen molar-refractivity contribution in [3.05, 3.63) is 22.2 Å². The maximum atomic E-state index is 9.98. The van der Waals surface area contributed by atoms with E-state index in [1.807, 2.05) is 6.92 Å². The van der Waals surface area contributed by atoms with Gasteiger partial charge >= 0.3 is 0 Å². The van der Waals surface area contributed by atoms with Gasteiger partial charge in [-0.1, -0.05) is 30.9 Å². The second-order valence-electron chi connectivity index (χ2n) is 5.13. The van der Waals surface area contributed by atoms with E-state index in [4.69, 9.17) is 22.1 Å². The number of nitrogens with two attached hydrogens (primary N) is 1. The van der Waals surface area contributed by atoms with Crippen LogP contribution < -0.4 is 10.5 Å². The van der Waals surface area contributed by atoms with Crippen LogP contribution in [-0.2, 0) is 5.54 Å². The lowest BCUT2D eigenvalue weighted by Crippen LogP contribution is -2.39. The van der Waals surface area contributed by atoms with Crippen molar-refractivity contribution in [1.82, 2.24) is 0 Å². The lowest BCUT2D eigenvalue weighted by Gasteiger charge is -2.36. The zero-order chi connectivity index (χ0) is 13.3. The van der Waals surface area contributed by atoms with Crippen LogP contribution in [0.5, 0.6) is 11.5 Å². The predicted octanol–water partition coefficient (Wildman–Crippen LogP) is 3.48. The van der Waals surface area contributed by atoms with Gasteiger partial charge < -0.3 is 15.6 Å². The molecule has 1 saturated carbocycles. The van der Waals surface area contributed by atoms with Crippen molar-refractivity contribution in [2.45, 2.75) is 44.6 Å². The highest BCUT2D eigenvalue weighted by atomic mass is 35.5. The minimum atomic E-state index is -0.434. The van der Waals surface area contributed by atoms with Crippen LogP contribution >= 0.6 is 11.6 Å². The molecule has 18 heavy (non-hydrogen) atoms. The number of phenolic OH excluding ortho intramolecular Hbond substituents is 1. The molecule has 1 aromatic carbocycles. The van der Waals surface area contributed by atoms with Crippen LogP contribution in [0.1, 0.15) is 43.2 Å². The Labute approximate surface area is 113 Å². The molecule has 1 aliphatic rings. The van der Waals surface area contributed by atoms with Crippen LogP contribution in [0.4, 0.5) is 0 Å². The summed E-state index contributed by atoms with van der Waals surface area (Å²) in [5.74, 6) is 0.541. The summed E-state index contributed by atoms with van der Waals surface area (Å²) in [4.78, 5) is 0. The fraction of sp³-hybridized carbons (Fsp3) is 0.571. The van der Waals surface area contributed by atoms with Crippen molar-refractivity contribution in [3.8, 4) is 11.5 Å². The summed E-state index contributed by atoms with van der Waals surface area (Å²) in [6.45, 7) is 1.93. The molecule has 3 nitrogen and oxygen atoms in total. The van der Waals surface area contributed by atoms with Gasteiger partial charge in [-0.25, -0.2) is 0 Å². The first kappa shape index (κ1) is 13.5. The maximum absolute atomic E-state index is 9.98. The molecule has 1 aromatic rings. The maximum Gasteiger partial charge on any atom is 0.165 e. The smallest absolute Gasteiger partial charge is 0.165 e. The van der Waals surface area contributed by atoms with E-state index in [0.29, 0.717) is 10.8 Å². The number of hydrogen-bond acceptors (Lipinski definition) is 3. The molecule has 0 unspecified atom stereocenters. The number of benzene rings is 1. The Morgan fingerprint density at radius 2 is 1.94 bits per heavy atom. The van der Waals surface area contributed by atoms with Gasteiger partial charge in [0.1, 0.15) is 0 Å². The molecule has 0 bridgehead atoms. The molecule has 0 saturated heterocycles. The highest BCUT2D eigenvalue weighted by Gasteiger charge is 2.35. The zero-order valence-electron chi connectivity index (χ0n) is 10.9. The summed E-state index contributed by atoms with van der Waals surface area (Å²) < 4.78 is 5.34. The van der Waals surface area contributed by atoms with Crippen molar-refractivity contribution in [3.63, 3.8) is 0 Å². The second-order valence-corrected chi connectivity index (χ2v) is 5.53. The standard InChI is InChI=1S/C14H20ClNO2/c1-9-10(15)8-11(17)13(18-2)12(9)14(16)6-4-3-5-7-14/h8,17H,3-7,16H2,1-2H3. The Morgan fingerprint density at radius 3 is 2.50 bits per heavy atom. The van der Waals surface area contributed by atoms with Crippen LogP contribution in [0.3, 0.4) is 0 Å². The Morgan fingerprint density at radius 1 is 1.33 bits per heavy atom. The number of hydrogen-bond donors (Lipinski definition) is 2. The molecule has 0 amide bonds. The van der Waals surface area contributed by atoms with Crippen molar-refractivity contribution >= 4 is 11.6 Å². The molecule has 0 radical (unpaired) electrons. The molecule has 0 heterocycles. The van der Waals surface area contributed by atoms with E-state index in [-0.39, 0.29) is 5.75 Å². The lowest BCUT2D eigenvalue weighted by molar-refractivity contribution is 0.282. The van der Waals surface area contributed by atoms with Gasteiger partial charge in [-0.2, -0.15) is 0 Å². The molecule has 2 rings (SSSR count). The molecule has 100 valence electrons. The van der Waals surface area contributed by atoms with Crippen molar-refractivity contribution in [1.29, 1.82) is 0 Å². The molecule has 0 atom stereocenters. The first-order valence-corrected chi connectivity index (χ1v) is 6.73. The average molecular weight is 270 g/mol. The quantitative estimate of drug-likeness (QED) is 0.864. The van der Waals surface area contributed by atoms with Crippen LogP contribution in [0.2, 0.25) is 5.02 Å². The summed E-state index contributed by atoms with van der Waals surface area (Å²) in [6, 6.07) is 1.52. The number of halogens is 1. The van der Waals surface area contributed by atoms with Crippen LogP contribution in [0.15, 0.2) is 6.07 Å². The molecular weight excluding hydrogens is 250 g/mol.